The highest BCUT2D eigenvalue weighted by Crippen LogP contribution is 2.26. The molecular formula is C13H15FN4. The molecule has 1 unspecified atom stereocenters. The van der Waals surface area contributed by atoms with Gasteiger partial charge in [0.05, 0.1) is 11.6 Å². The van der Waals surface area contributed by atoms with Crippen LogP contribution in [0.3, 0.4) is 0 Å². The van der Waals surface area contributed by atoms with Gasteiger partial charge in [0.15, 0.2) is 5.82 Å². The van der Waals surface area contributed by atoms with Crippen molar-refractivity contribution in [3.05, 3.63) is 35.4 Å². The number of benzene rings is 1. The molecular weight excluding hydrogens is 231 g/mol. The molecule has 0 radical (unpaired) electrons. The van der Waals surface area contributed by atoms with Crippen molar-refractivity contribution in [2.75, 3.05) is 6.54 Å². The zero-order chi connectivity index (χ0) is 12.7. The molecule has 1 aromatic heterocycles. The van der Waals surface area contributed by atoms with Crippen molar-refractivity contribution in [1.29, 1.82) is 0 Å². The average molecular weight is 246 g/mol. The summed E-state index contributed by atoms with van der Waals surface area (Å²) in [6, 6.07) is 5.52. The Hall–Kier alpha value is -1.75. The van der Waals surface area contributed by atoms with Crippen molar-refractivity contribution in [3.8, 4) is 11.4 Å². The van der Waals surface area contributed by atoms with Crippen LogP contribution in [-0.4, -0.2) is 21.3 Å². The van der Waals surface area contributed by atoms with E-state index in [0.717, 1.165) is 18.9 Å². The maximum absolute atomic E-state index is 14.1. The van der Waals surface area contributed by atoms with Gasteiger partial charge in [-0.15, -0.1) is 10.2 Å². The minimum absolute atomic E-state index is 0.160. The van der Waals surface area contributed by atoms with E-state index in [0.29, 0.717) is 17.0 Å². The quantitative estimate of drug-likeness (QED) is 0.837. The fourth-order valence-electron chi connectivity index (χ4n) is 2.36. The zero-order valence-electron chi connectivity index (χ0n) is 10.4. The standard InChI is InChI=1S/C13H15FN4/c1-8-4-3-5-10(11(8)14)13-17-16-12-9(2)15-6-7-18(12)13/h3-5,9,15H,6-7H2,1-2H3. The van der Waals surface area contributed by atoms with E-state index in [-0.39, 0.29) is 11.9 Å². The highest BCUT2D eigenvalue weighted by molar-refractivity contribution is 5.58. The van der Waals surface area contributed by atoms with Gasteiger partial charge in [-0.1, -0.05) is 12.1 Å². The normalized spacial score (nSPS) is 18.7. The Kier molecular flexibility index (Phi) is 2.63. The van der Waals surface area contributed by atoms with E-state index in [1.807, 2.05) is 17.6 Å². The maximum atomic E-state index is 14.1. The van der Waals surface area contributed by atoms with Gasteiger partial charge in [-0.2, -0.15) is 0 Å². The first-order valence-electron chi connectivity index (χ1n) is 6.10. The summed E-state index contributed by atoms with van der Waals surface area (Å²) in [7, 11) is 0. The second-order valence-corrected chi connectivity index (χ2v) is 4.65. The minimum Gasteiger partial charge on any atom is -0.308 e. The number of nitrogens with one attached hydrogen (secondary N) is 1. The fourth-order valence-corrected chi connectivity index (χ4v) is 2.36. The molecule has 2 heterocycles. The van der Waals surface area contributed by atoms with Crippen LogP contribution in [0.2, 0.25) is 0 Å². The molecule has 1 N–H and O–H groups in total. The van der Waals surface area contributed by atoms with Crippen molar-refractivity contribution in [1.82, 2.24) is 20.1 Å². The van der Waals surface area contributed by atoms with Gasteiger partial charge in [0.1, 0.15) is 11.6 Å². The summed E-state index contributed by atoms with van der Waals surface area (Å²) in [6.45, 7) is 5.43. The van der Waals surface area contributed by atoms with Gasteiger partial charge in [-0.25, -0.2) is 4.39 Å². The SMILES string of the molecule is Cc1cccc(-c2nnc3n2CCNC3C)c1F. The van der Waals surface area contributed by atoms with Crippen LogP contribution >= 0.6 is 0 Å². The van der Waals surface area contributed by atoms with Crippen LogP contribution in [0.15, 0.2) is 18.2 Å². The van der Waals surface area contributed by atoms with Gasteiger partial charge >= 0.3 is 0 Å². The predicted octanol–water partition coefficient (Wildman–Crippen LogP) is 2.06. The summed E-state index contributed by atoms with van der Waals surface area (Å²) < 4.78 is 16.1. The molecule has 18 heavy (non-hydrogen) atoms. The summed E-state index contributed by atoms with van der Waals surface area (Å²) in [5, 5.41) is 11.6. The average Bonchev–Trinajstić information content (AvgIpc) is 2.78. The van der Waals surface area contributed by atoms with Crippen LogP contribution in [0.1, 0.15) is 24.4 Å². The molecule has 0 amide bonds. The first kappa shape index (κ1) is 11.3. The molecule has 0 saturated heterocycles. The first-order chi connectivity index (χ1) is 8.68. The van der Waals surface area contributed by atoms with E-state index < -0.39 is 0 Å². The summed E-state index contributed by atoms with van der Waals surface area (Å²) in [5.74, 6) is 1.29. The molecule has 1 aliphatic heterocycles. The highest BCUT2D eigenvalue weighted by atomic mass is 19.1. The largest absolute Gasteiger partial charge is 0.308 e. The van der Waals surface area contributed by atoms with E-state index >= 15 is 0 Å². The molecule has 5 heteroatoms. The second-order valence-electron chi connectivity index (χ2n) is 4.65. The monoisotopic (exact) mass is 246 g/mol. The Morgan fingerprint density at radius 3 is 3.06 bits per heavy atom. The molecule has 3 rings (SSSR count). The topological polar surface area (TPSA) is 42.7 Å². The minimum atomic E-state index is -0.209. The number of aryl methyl sites for hydroxylation is 1. The molecule has 94 valence electrons. The lowest BCUT2D eigenvalue weighted by Gasteiger charge is -2.22. The lowest BCUT2D eigenvalue weighted by atomic mass is 10.1. The number of halogens is 1. The molecule has 0 fully saturated rings. The number of hydrogen-bond donors (Lipinski definition) is 1. The number of rotatable bonds is 1. The van der Waals surface area contributed by atoms with Gasteiger partial charge in [0.2, 0.25) is 0 Å². The van der Waals surface area contributed by atoms with E-state index in [2.05, 4.69) is 15.5 Å². The van der Waals surface area contributed by atoms with Gasteiger partial charge in [0.25, 0.3) is 0 Å². The van der Waals surface area contributed by atoms with Crippen LogP contribution in [0.4, 0.5) is 4.39 Å². The Morgan fingerprint density at radius 2 is 2.22 bits per heavy atom. The molecule has 0 aliphatic carbocycles. The van der Waals surface area contributed by atoms with E-state index in [4.69, 9.17) is 0 Å². The van der Waals surface area contributed by atoms with Crippen LogP contribution < -0.4 is 5.32 Å². The Balaban J connectivity index is 2.16. The summed E-state index contributed by atoms with van der Waals surface area (Å²) in [6.07, 6.45) is 0. The van der Waals surface area contributed by atoms with Crippen molar-refractivity contribution >= 4 is 0 Å². The number of nitrogens with zero attached hydrogens (tertiary/aromatic N) is 3. The molecule has 1 aliphatic rings. The van der Waals surface area contributed by atoms with E-state index in [1.165, 1.54) is 0 Å². The smallest absolute Gasteiger partial charge is 0.167 e. The molecule has 0 bridgehead atoms. The predicted molar refractivity (Wildman–Crippen MR) is 66.6 cm³/mol. The van der Waals surface area contributed by atoms with Crippen LogP contribution in [0.25, 0.3) is 11.4 Å². The Morgan fingerprint density at radius 1 is 1.39 bits per heavy atom. The third-order valence-corrected chi connectivity index (χ3v) is 3.39. The summed E-state index contributed by atoms with van der Waals surface area (Å²) in [4.78, 5) is 0. The van der Waals surface area contributed by atoms with E-state index in [9.17, 15) is 4.39 Å². The molecule has 0 spiro atoms. The lowest BCUT2D eigenvalue weighted by Crippen LogP contribution is -2.32. The fraction of sp³-hybridized carbons (Fsp3) is 0.385. The third-order valence-electron chi connectivity index (χ3n) is 3.39. The summed E-state index contributed by atoms with van der Waals surface area (Å²) >= 11 is 0. The maximum Gasteiger partial charge on any atom is 0.167 e. The van der Waals surface area contributed by atoms with Gasteiger partial charge < -0.3 is 9.88 Å². The third kappa shape index (κ3) is 1.62. The van der Waals surface area contributed by atoms with Gasteiger partial charge in [-0.3, -0.25) is 0 Å². The van der Waals surface area contributed by atoms with Crippen molar-refractivity contribution in [3.63, 3.8) is 0 Å². The first-order valence-corrected chi connectivity index (χ1v) is 6.10. The van der Waals surface area contributed by atoms with Crippen LogP contribution in [0.5, 0.6) is 0 Å². The molecule has 1 aromatic carbocycles. The van der Waals surface area contributed by atoms with Crippen molar-refractivity contribution in [2.45, 2.75) is 26.4 Å². The number of aromatic nitrogens is 3. The highest BCUT2D eigenvalue weighted by Gasteiger charge is 2.23. The molecule has 0 saturated carbocycles. The molecule has 1 atom stereocenters. The molecule has 4 nitrogen and oxygen atoms in total. The number of hydrogen-bond acceptors (Lipinski definition) is 3. The Bertz CT molecular complexity index is 591. The van der Waals surface area contributed by atoms with Crippen LogP contribution in [0, 0.1) is 12.7 Å². The second kappa shape index (κ2) is 4.17. The van der Waals surface area contributed by atoms with Gasteiger partial charge in [0, 0.05) is 13.1 Å². The Labute approximate surface area is 105 Å². The zero-order valence-corrected chi connectivity index (χ0v) is 10.4. The van der Waals surface area contributed by atoms with Crippen molar-refractivity contribution in [2.24, 2.45) is 0 Å². The number of fused-ring (bicyclic) bond motifs is 1. The van der Waals surface area contributed by atoms with E-state index in [1.54, 1.807) is 19.1 Å². The van der Waals surface area contributed by atoms with Crippen molar-refractivity contribution < 1.29 is 4.39 Å². The summed E-state index contributed by atoms with van der Waals surface area (Å²) in [5.41, 5.74) is 1.16. The van der Waals surface area contributed by atoms with Gasteiger partial charge in [-0.05, 0) is 25.5 Å². The molecule has 2 aromatic rings. The van der Waals surface area contributed by atoms with Crippen LogP contribution in [-0.2, 0) is 6.54 Å². The lowest BCUT2D eigenvalue weighted by molar-refractivity contribution is 0.438.